The molecule has 0 spiro atoms. The molecule has 0 aliphatic rings. The van der Waals surface area contributed by atoms with Crippen molar-refractivity contribution >= 4 is 14.1 Å². The third-order valence-corrected chi connectivity index (χ3v) is 9.49. The maximum atomic E-state index is 12.0. The Morgan fingerprint density at radius 1 is 1.20 bits per heavy atom. The number of rotatable bonds is 7. The molecule has 0 bridgehead atoms. The minimum absolute atomic E-state index is 0.165. The Morgan fingerprint density at radius 2 is 1.75 bits per heavy atom. The van der Waals surface area contributed by atoms with E-state index in [0.29, 0.717) is 18.9 Å². The maximum Gasteiger partial charge on any atom is 0.192 e. The summed E-state index contributed by atoms with van der Waals surface area (Å²) in [5, 5.41) is 0.197. The Morgan fingerprint density at radius 3 is 2.25 bits per heavy atom. The summed E-state index contributed by atoms with van der Waals surface area (Å²) in [6, 6.07) is 9.45. The van der Waals surface area contributed by atoms with Gasteiger partial charge in [-0.2, -0.15) is 0 Å². The molecule has 0 heterocycles. The van der Waals surface area contributed by atoms with Crippen LogP contribution in [-0.4, -0.2) is 20.7 Å². The van der Waals surface area contributed by atoms with E-state index in [0.717, 1.165) is 5.56 Å². The molecule has 0 aromatic heterocycles. The van der Waals surface area contributed by atoms with Gasteiger partial charge in [0.25, 0.3) is 0 Å². The highest BCUT2D eigenvalue weighted by molar-refractivity contribution is 6.74. The van der Waals surface area contributed by atoms with Crippen molar-refractivity contribution in [3.8, 4) is 0 Å². The van der Waals surface area contributed by atoms with E-state index in [1.54, 1.807) is 0 Å². The SMILES string of the molecule is CC(C)C(C)(C)[Si](C)(C)OCCC(=O)c1ccccc1. The Labute approximate surface area is 124 Å². The number of hydrogen-bond acceptors (Lipinski definition) is 2. The summed E-state index contributed by atoms with van der Waals surface area (Å²) < 4.78 is 6.17. The first-order valence-electron chi connectivity index (χ1n) is 7.40. The third-order valence-electron chi connectivity index (χ3n) is 4.88. The van der Waals surface area contributed by atoms with Gasteiger partial charge in [0.2, 0.25) is 0 Å². The molecule has 0 unspecified atom stereocenters. The molecule has 0 amide bonds. The van der Waals surface area contributed by atoms with Crippen molar-refractivity contribution in [2.75, 3.05) is 6.61 Å². The molecule has 0 radical (unpaired) electrons. The van der Waals surface area contributed by atoms with E-state index >= 15 is 0 Å². The van der Waals surface area contributed by atoms with E-state index in [1.165, 1.54) is 0 Å². The van der Waals surface area contributed by atoms with Gasteiger partial charge in [-0.05, 0) is 24.1 Å². The summed E-state index contributed by atoms with van der Waals surface area (Å²) in [5.41, 5.74) is 0.777. The summed E-state index contributed by atoms with van der Waals surface area (Å²) >= 11 is 0. The molecule has 0 saturated heterocycles. The van der Waals surface area contributed by atoms with Crippen molar-refractivity contribution in [2.24, 2.45) is 5.92 Å². The van der Waals surface area contributed by atoms with Gasteiger partial charge in [-0.3, -0.25) is 4.79 Å². The fourth-order valence-electron chi connectivity index (χ4n) is 2.05. The number of benzene rings is 1. The molecule has 0 N–H and O–H groups in total. The third kappa shape index (κ3) is 4.03. The molecular formula is C17H28O2Si. The lowest BCUT2D eigenvalue weighted by atomic mass is 9.99. The van der Waals surface area contributed by atoms with E-state index in [2.05, 4.69) is 40.8 Å². The van der Waals surface area contributed by atoms with Crippen LogP contribution < -0.4 is 0 Å². The van der Waals surface area contributed by atoms with Crippen LogP contribution in [-0.2, 0) is 4.43 Å². The standard InChI is InChI=1S/C17H28O2Si/c1-14(2)17(3,4)20(5,6)19-13-12-16(18)15-10-8-7-9-11-15/h7-11,14H,12-13H2,1-6H3. The van der Waals surface area contributed by atoms with Crippen LogP contribution in [0.1, 0.15) is 44.5 Å². The number of hydrogen-bond donors (Lipinski definition) is 0. The van der Waals surface area contributed by atoms with Gasteiger partial charge >= 0.3 is 0 Å². The molecule has 0 aliphatic heterocycles. The molecule has 0 atom stereocenters. The molecule has 20 heavy (non-hydrogen) atoms. The predicted octanol–water partition coefficient (Wildman–Crippen LogP) is 4.92. The van der Waals surface area contributed by atoms with Crippen LogP contribution in [0.4, 0.5) is 0 Å². The van der Waals surface area contributed by atoms with Crippen LogP contribution in [0.2, 0.25) is 18.1 Å². The van der Waals surface area contributed by atoms with Crippen molar-refractivity contribution in [3.63, 3.8) is 0 Å². The van der Waals surface area contributed by atoms with Crippen LogP contribution in [0.15, 0.2) is 30.3 Å². The van der Waals surface area contributed by atoms with E-state index in [9.17, 15) is 4.79 Å². The Hall–Kier alpha value is -0.933. The molecule has 0 aliphatic carbocycles. The Balaban J connectivity index is 2.54. The van der Waals surface area contributed by atoms with Crippen LogP contribution >= 0.6 is 0 Å². The van der Waals surface area contributed by atoms with Crippen molar-refractivity contribution < 1.29 is 9.22 Å². The maximum absolute atomic E-state index is 12.0. The molecule has 0 fully saturated rings. The van der Waals surface area contributed by atoms with Crippen LogP contribution in [0.25, 0.3) is 0 Å². The predicted molar refractivity (Wildman–Crippen MR) is 87.7 cm³/mol. The molecule has 0 saturated carbocycles. The molecule has 3 heteroatoms. The smallest absolute Gasteiger partial charge is 0.192 e. The quantitative estimate of drug-likeness (QED) is 0.527. The largest absolute Gasteiger partial charge is 0.416 e. The minimum Gasteiger partial charge on any atom is -0.416 e. The van der Waals surface area contributed by atoms with Gasteiger partial charge in [0.15, 0.2) is 14.1 Å². The van der Waals surface area contributed by atoms with E-state index in [1.807, 2.05) is 30.3 Å². The molecule has 2 nitrogen and oxygen atoms in total. The van der Waals surface area contributed by atoms with Crippen LogP contribution in [0, 0.1) is 5.92 Å². The molecule has 112 valence electrons. The first kappa shape index (κ1) is 17.1. The number of Topliss-reactive ketones (excluding diaryl/α,β-unsaturated/α-hetero) is 1. The highest BCUT2D eigenvalue weighted by atomic mass is 28.4. The second-order valence-electron chi connectivity index (χ2n) is 6.77. The molecule has 1 aromatic carbocycles. The van der Waals surface area contributed by atoms with E-state index < -0.39 is 8.32 Å². The number of carbonyl (C=O) groups excluding carboxylic acids is 1. The van der Waals surface area contributed by atoms with Gasteiger partial charge in [0.05, 0.1) is 0 Å². The second kappa shape index (κ2) is 6.68. The minimum atomic E-state index is -1.81. The Bertz CT molecular complexity index is 436. The molecule has 1 aromatic rings. The lowest BCUT2D eigenvalue weighted by molar-refractivity contribution is 0.0958. The number of carbonyl (C=O) groups is 1. The van der Waals surface area contributed by atoms with Crippen molar-refractivity contribution in [1.82, 2.24) is 0 Å². The van der Waals surface area contributed by atoms with Crippen molar-refractivity contribution in [2.45, 2.75) is 52.2 Å². The summed E-state index contributed by atoms with van der Waals surface area (Å²) in [5.74, 6) is 0.742. The van der Waals surface area contributed by atoms with Crippen molar-refractivity contribution in [1.29, 1.82) is 0 Å². The van der Waals surface area contributed by atoms with Gasteiger partial charge < -0.3 is 4.43 Å². The highest BCUT2D eigenvalue weighted by Gasteiger charge is 2.43. The lowest BCUT2D eigenvalue weighted by Gasteiger charge is -2.42. The zero-order valence-electron chi connectivity index (χ0n) is 13.7. The van der Waals surface area contributed by atoms with Gasteiger partial charge in [0, 0.05) is 18.6 Å². The van der Waals surface area contributed by atoms with Crippen LogP contribution in [0.3, 0.4) is 0 Å². The monoisotopic (exact) mass is 292 g/mol. The van der Waals surface area contributed by atoms with Crippen LogP contribution in [0.5, 0.6) is 0 Å². The average molecular weight is 292 g/mol. The van der Waals surface area contributed by atoms with Gasteiger partial charge in [0.1, 0.15) is 0 Å². The topological polar surface area (TPSA) is 26.3 Å². The van der Waals surface area contributed by atoms with E-state index in [-0.39, 0.29) is 10.8 Å². The number of ketones is 1. The lowest BCUT2D eigenvalue weighted by Crippen LogP contribution is -2.45. The van der Waals surface area contributed by atoms with E-state index in [4.69, 9.17) is 4.43 Å². The normalized spacial score (nSPS) is 12.8. The second-order valence-corrected chi connectivity index (χ2v) is 11.4. The van der Waals surface area contributed by atoms with Gasteiger partial charge in [-0.1, -0.05) is 58.0 Å². The zero-order valence-corrected chi connectivity index (χ0v) is 14.7. The fraction of sp³-hybridized carbons (Fsp3) is 0.588. The summed E-state index contributed by atoms with van der Waals surface area (Å²) in [6.45, 7) is 14.1. The molecule has 1 rings (SSSR count). The first-order valence-corrected chi connectivity index (χ1v) is 10.3. The van der Waals surface area contributed by atoms with Gasteiger partial charge in [-0.15, -0.1) is 0 Å². The van der Waals surface area contributed by atoms with Gasteiger partial charge in [-0.25, -0.2) is 0 Å². The molecular weight excluding hydrogens is 264 g/mol. The summed E-state index contributed by atoms with van der Waals surface area (Å²) in [6.07, 6.45) is 0.467. The average Bonchev–Trinajstić information content (AvgIpc) is 2.39. The highest BCUT2D eigenvalue weighted by Crippen LogP contribution is 2.44. The summed E-state index contributed by atoms with van der Waals surface area (Å²) in [7, 11) is -1.81. The van der Waals surface area contributed by atoms with Crippen molar-refractivity contribution in [3.05, 3.63) is 35.9 Å². The summed E-state index contributed by atoms with van der Waals surface area (Å²) in [4.78, 5) is 12.0. The zero-order chi connectivity index (χ0) is 15.4. The fourth-order valence-corrected chi connectivity index (χ4v) is 4.42. The Kier molecular flexibility index (Phi) is 5.72. The first-order chi connectivity index (χ1) is 9.18.